The van der Waals surface area contributed by atoms with E-state index in [2.05, 4.69) is 15.2 Å². The molecule has 0 spiro atoms. The second-order valence-corrected chi connectivity index (χ2v) is 5.41. The lowest BCUT2D eigenvalue weighted by Gasteiger charge is -2.34. The minimum Gasteiger partial charge on any atom is -0.332 e. The van der Waals surface area contributed by atoms with E-state index in [1.165, 1.54) is 0 Å². The Morgan fingerprint density at radius 3 is 2.67 bits per heavy atom. The van der Waals surface area contributed by atoms with E-state index in [0.29, 0.717) is 17.4 Å². The Morgan fingerprint density at radius 2 is 1.95 bits per heavy atom. The van der Waals surface area contributed by atoms with E-state index >= 15 is 0 Å². The van der Waals surface area contributed by atoms with Crippen LogP contribution in [0.1, 0.15) is 25.1 Å². The molecule has 1 aliphatic carbocycles. The average molecular weight is 281 g/mol. The molecule has 3 aromatic rings. The van der Waals surface area contributed by atoms with Gasteiger partial charge in [-0.15, -0.1) is 0 Å². The van der Waals surface area contributed by atoms with Crippen LogP contribution in [0.2, 0.25) is 0 Å². The SMILES string of the molecule is NC1(c2noc(-c3ccn(-c4ccccc4)n3)n2)CCC1. The van der Waals surface area contributed by atoms with Crippen LogP contribution in [0.4, 0.5) is 0 Å². The average Bonchev–Trinajstić information content (AvgIpc) is 3.14. The molecule has 2 aromatic heterocycles. The summed E-state index contributed by atoms with van der Waals surface area (Å²) in [7, 11) is 0. The normalized spacial score (nSPS) is 16.6. The van der Waals surface area contributed by atoms with Crippen LogP contribution in [0.15, 0.2) is 47.1 Å². The van der Waals surface area contributed by atoms with Gasteiger partial charge in [-0.2, -0.15) is 10.1 Å². The lowest BCUT2D eigenvalue weighted by atomic mass is 9.77. The number of hydrogen-bond acceptors (Lipinski definition) is 5. The molecule has 6 heteroatoms. The summed E-state index contributed by atoms with van der Waals surface area (Å²) in [6.07, 6.45) is 4.80. The number of benzene rings is 1. The Balaban J connectivity index is 1.64. The Labute approximate surface area is 121 Å². The summed E-state index contributed by atoms with van der Waals surface area (Å²) in [5.41, 5.74) is 7.43. The van der Waals surface area contributed by atoms with Crippen molar-refractivity contribution in [2.45, 2.75) is 24.8 Å². The van der Waals surface area contributed by atoms with Gasteiger partial charge in [-0.05, 0) is 37.5 Å². The Bertz CT molecular complexity index is 757. The van der Waals surface area contributed by atoms with Gasteiger partial charge in [0.2, 0.25) is 0 Å². The zero-order valence-corrected chi connectivity index (χ0v) is 11.4. The van der Waals surface area contributed by atoms with Crippen LogP contribution in [0.3, 0.4) is 0 Å². The van der Waals surface area contributed by atoms with Gasteiger partial charge in [0.15, 0.2) is 11.5 Å². The van der Waals surface area contributed by atoms with Gasteiger partial charge < -0.3 is 10.3 Å². The largest absolute Gasteiger partial charge is 0.332 e. The first kappa shape index (κ1) is 12.3. The topological polar surface area (TPSA) is 82.8 Å². The lowest BCUT2D eigenvalue weighted by molar-refractivity contribution is 0.229. The summed E-state index contributed by atoms with van der Waals surface area (Å²) in [5.74, 6) is 0.995. The molecule has 0 unspecified atom stereocenters. The van der Waals surface area contributed by atoms with Crippen LogP contribution in [0, 0.1) is 0 Å². The molecule has 21 heavy (non-hydrogen) atoms. The molecule has 4 rings (SSSR count). The molecule has 0 bridgehead atoms. The zero-order valence-electron chi connectivity index (χ0n) is 11.4. The first-order chi connectivity index (χ1) is 10.2. The van der Waals surface area contributed by atoms with E-state index in [1.54, 1.807) is 4.68 Å². The van der Waals surface area contributed by atoms with Gasteiger partial charge in [0.25, 0.3) is 5.89 Å². The van der Waals surface area contributed by atoms with E-state index in [-0.39, 0.29) is 0 Å². The second kappa shape index (κ2) is 4.53. The molecule has 0 saturated heterocycles. The van der Waals surface area contributed by atoms with Crippen LogP contribution in [-0.4, -0.2) is 19.9 Å². The van der Waals surface area contributed by atoms with Gasteiger partial charge >= 0.3 is 0 Å². The third kappa shape index (κ3) is 2.04. The van der Waals surface area contributed by atoms with Crippen molar-refractivity contribution in [3.05, 3.63) is 48.4 Å². The van der Waals surface area contributed by atoms with Crippen molar-refractivity contribution in [1.82, 2.24) is 19.9 Å². The highest BCUT2D eigenvalue weighted by Gasteiger charge is 2.39. The fourth-order valence-corrected chi connectivity index (χ4v) is 2.47. The summed E-state index contributed by atoms with van der Waals surface area (Å²) < 4.78 is 7.08. The van der Waals surface area contributed by atoms with E-state index in [9.17, 15) is 0 Å². The maximum absolute atomic E-state index is 6.20. The van der Waals surface area contributed by atoms with Crippen molar-refractivity contribution in [3.8, 4) is 17.3 Å². The molecule has 0 radical (unpaired) electrons. The second-order valence-electron chi connectivity index (χ2n) is 5.41. The molecular formula is C15H15N5O. The van der Waals surface area contributed by atoms with Gasteiger partial charge in [-0.1, -0.05) is 23.4 Å². The van der Waals surface area contributed by atoms with Gasteiger partial charge in [-0.3, -0.25) is 0 Å². The van der Waals surface area contributed by atoms with E-state index in [4.69, 9.17) is 10.3 Å². The molecule has 2 N–H and O–H groups in total. The minimum absolute atomic E-state index is 0.413. The molecule has 0 aliphatic heterocycles. The highest BCUT2D eigenvalue weighted by molar-refractivity contribution is 5.47. The number of para-hydroxylation sites is 1. The van der Waals surface area contributed by atoms with Crippen molar-refractivity contribution in [3.63, 3.8) is 0 Å². The first-order valence-corrected chi connectivity index (χ1v) is 6.99. The van der Waals surface area contributed by atoms with Crippen molar-refractivity contribution < 1.29 is 4.52 Å². The summed E-state index contributed by atoms with van der Waals surface area (Å²) in [6, 6.07) is 11.7. The number of aromatic nitrogens is 4. The van der Waals surface area contributed by atoms with E-state index in [1.807, 2.05) is 42.6 Å². The van der Waals surface area contributed by atoms with Crippen molar-refractivity contribution in [1.29, 1.82) is 0 Å². The van der Waals surface area contributed by atoms with Gasteiger partial charge in [0.1, 0.15) is 0 Å². The molecule has 0 amide bonds. The van der Waals surface area contributed by atoms with Crippen molar-refractivity contribution in [2.24, 2.45) is 5.73 Å². The molecular weight excluding hydrogens is 266 g/mol. The smallest absolute Gasteiger partial charge is 0.278 e. The highest BCUT2D eigenvalue weighted by atomic mass is 16.5. The fraction of sp³-hybridized carbons (Fsp3) is 0.267. The predicted molar refractivity (Wildman–Crippen MR) is 76.6 cm³/mol. The molecule has 0 atom stereocenters. The van der Waals surface area contributed by atoms with Gasteiger partial charge in [0.05, 0.1) is 11.2 Å². The first-order valence-electron chi connectivity index (χ1n) is 6.99. The maximum atomic E-state index is 6.20. The highest BCUT2D eigenvalue weighted by Crippen LogP contribution is 2.37. The Hall–Kier alpha value is -2.47. The van der Waals surface area contributed by atoms with Gasteiger partial charge in [0, 0.05) is 6.20 Å². The molecule has 1 aliphatic rings. The Morgan fingerprint density at radius 1 is 1.14 bits per heavy atom. The maximum Gasteiger partial charge on any atom is 0.278 e. The van der Waals surface area contributed by atoms with Crippen LogP contribution < -0.4 is 5.73 Å². The molecule has 1 aromatic carbocycles. The van der Waals surface area contributed by atoms with Crippen molar-refractivity contribution >= 4 is 0 Å². The quantitative estimate of drug-likeness (QED) is 0.796. The lowest BCUT2D eigenvalue weighted by Crippen LogP contribution is -2.44. The standard InChI is InChI=1S/C15H15N5O/c16-15(8-4-9-15)14-17-13(21-19-14)12-7-10-20(18-12)11-5-2-1-3-6-11/h1-3,5-7,10H,4,8-9,16H2. The summed E-state index contributed by atoms with van der Waals surface area (Å²) in [6.45, 7) is 0. The van der Waals surface area contributed by atoms with Crippen LogP contribution >= 0.6 is 0 Å². The van der Waals surface area contributed by atoms with E-state index in [0.717, 1.165) is 24.9 Å². The van der Waals surface area contributed by atoms with Gasteiger partial charge in [-0.25, -0.2) is 4.68 Å². The molecule has 1 saturated carbocycles. The third-order valence-electron chi connectivity index (χ3n) is 3.95. The Kier molecular flexibility index (Phi) is 2.65. The summed E-state index contributed by atoms with van der Waals surface area (Å²) in [4.78, 5) is 4.40. The zero-order chi connectivity index (χ0) is 14.3. The monoisotopic (exact) mass is 281 g/mol. The minimum atomic E-state index is -0.413. The number of nitrogens with two attached hydrogens (primary N) is 1. The molecule has 1 fully saturated rings. The van der Waals surface area contributed by atoms with E-state index < -0.39 is 5.54 Å². The third-order valence-corrected chi connectivity index (χ3v) is 3.95. The predicted octanol–water partition coefficient (Wildman–Crippen LogP) is 2.26. The summed E-state index contributed by atoms with van der Waals surface area (Å²) in [5, 5.41) is 8.48. The van der Waals surface area contributed by atoms with Crippen LogP contribution in [-0.2, 0) is 5.54 Å². The van der Waals surface area contributed by atoms with Crippen molar-refractivity contribution in [2.75, 3.05) is 0 Å². The molecule has 106 valence electrons. The number of nitrogens with zero attached hydrogens (tertiary/aromatic N) is 4. The molecule has 2 heterocycles. The fourth-order valence-electron chi connectivity index (χ4n) is 2.47. The number of rotatable bonds is 3. The van der Waals surface area contributed by atoms with Crippen LogP contribution in [0.5, 0.6) is 0 Å². The molecule has 6 nitrogen and oxygen atoms in total. The number of hydrogen-bond donors (Lipinski definition) is 1. The summed E-state index contributed by atoms with van der Waals surface area (Å²) >= 11 is 0. The van der Waals surface area contributed by atoms with Crippen LogP contribution in [0.25, 0.3) is 17.3 Å².